The van der Waals surface area contributed by atoms with Gasteiger partial charge in [0.1, 0.15) is 19.2 Å². The molecular weight excluding hydrogens is 222 g/mol. The molecule has 5 nitrogen and oxygen atoms in total. The summed E-state index contributed by atoms with van der Waals surface area (Å²) in [6, 6.07) is 9.42. The summed E-state index contributed by atoms with van der Waals surface area (Å²) < 4.78 is 4.33. The largest absolute Gasteiger partial charge is 0.469 e. The number of ether oxygens (including phenoxy) is 1. The molecular formula is C12H13NO4. The molecule has 90 valence electrons. The number of hydrogen-bond donors (Lipinski definition) is 0. The van der Waals surface area contributed by atoms with Crippen LogP contribution in [-0.4, -0.2) is 25.1 Å². The Labute approximate surface area is 99.0 Å². The van der Waals surface area contributed by atoms with Gasteiger partial charge in [-0.05, 0) is 5.56 Å². The molecule has 0 bridgehead atoms. The molecule has 5 heteroatoms. The number of rotatable bonds is 6. The van der Waals surface area contributed by atoms with Crippen LogP contribution in [0.5, 0.6) is 0 Å². The molecule has 0 aliphatic rings. The highest BCUT2D eigenvalue weighted by atomic mass is 16.6. The number of carbonyl (C=O) groups is 2. The van der Waals surface area contributed by atoms with Crippen LogP contribution in [-0.2, 0) is 25.8 Å². The monoisotopic (exact) mass is 235 g/mol. The fourth-order valence-corrected chi connectivity index (χ4v) is 1.04. The molecule has 0 aromatic heterocycles. The first-order valence-corrected chi connectivity index (χ1v) is 5.01. The van der Waals surface area contributed by atoms with Gasteiger partial charge in [-0.25, -0.2) is 0 Å². The lowest BCUT2D eigenvalue weighted by Crippen LogP contribution is -2.10. The second-order valence-corrected chi connectivity index (χ2v) is 3.21. The van der Waals surface area contributed by atoms with Crippen LogP contribution < -0.4 is 0 Å². The maximum Gasteiger partial charge on any atom is 0.313 e. The van der Waals surface area contributed by atoms with Crippen LogP contribution in [0.15, 0.2) is 35.5 Å². The van der Waals surface area contributed by atoms with E-state index in [2.05, 4.69) is 9.89 Å². The number of ketones is 1. The number of esters is 1. The Kier molecular flexibility index (Phi) is 5.43. The Hall–Kier alpha value is -2.17. The Bertz CT molecular complexity index is 400. The van der Waals surface area contributed by atoms with Crippen LogP contribution in [0.1, 0.15) is 12.0 Å². The Balaban J connectivity index is 2.26. The van der Waals surface area contributed by atoms with Gasteiger partial charge in [-0.2, -0.15) is 0 Å². The third-order valence-electron chi connectivity index (χ3n) is 1.89. The van der Waals surface area contributed by atoms with Crippen LogP contribution in [0.2, 0.25) is 0 Å². The second-order valence-electron chi connectivity index (χ2n) is 3.21. The van der Waals surface area contributed by atoms with Crippen LogP contribution >= 0.6 is 0 Å². The number of Topliss-reactive ketones (excluding diaryl/α,β-unsaturated/α-hetero) is 1. The second kappa shape index (κ2) is 7.16. The Morgan fingerprint density at radius 1 is 1.29 bits per heavy atom. The summed E-state index contributed by atoms with van der Waals surface area (Å²) in [5.74, 6) is -1.05. The van der Waals surface area contributed by atoms with E-state index in [-0.39, 0.29) is 13.0 Å². The van der Waals surface area contributed by atoms with Crippen molar-refractivity contribution in [2.24, 2.45) is 5.16 Å². The molecule has 0 N–H and O–H groups in total. The Morgan fingerprint density at radius 2 is 2.00 bits per heavy atom. The van der Waals surface area contributed by atoms with Crippen molar-refractivity contribution in [1.29, 1.82) is 0 Å². The van der Waals surface area contributed by atoms with Gasteiger partial charge in [0.2, 0.25) is 0 Å². The van der Waals surface area contributed by atoms with E-state index in [0.717, 1.165) is 11.8 Å². The van der Waals surface area contributed by atoms with Crippen molar-refractivity contribution < 1.29 is 19.2 Å². The molecule has 0 atom stereocenters. The molecule has 0 radical (unpaired) electrons. The van der Waals surface area contributed by atoms with Gasteiger partial charge in [0.15, 0.2) is 5.78 Å². The molecule has 0 unspecified atom stereocenters. The summed E-state index contributed by atoms with van der Waals surface area (Å²) in [4.78, 5) is 26.7. The van der Waals surface area contributed by atoms with Gasteiger partial charge in [0.05, 0.1) is 7.11 Å². The number of hydrogen-bond acceptors (Lipinski definition) is 5. The molecule has 17 heavy (non-hydrogen) atoms. The van der Waals surface area contributed by atoms with E-state index in [1.54, 1.807) is 0 Å². The maximum atomic E-state index is 11.1. The zero-order valence-corrected chi connectivity index (χ0v) is 9.46. The first-order chi connectivity index (χ1) is 8.22. The normalized spacial score (nSPS) is 10.2. The van der Waals surface area contributed by atoms with Gasteiger partial charge >= 0.3 is 5.97 Å². The van der Waals surface area contributed by atoms with E-state index >= 15 is 0 Å². The number of oxime groups is 1. The van der Waals surface area contributed by atoms with E-state index in [4.69, 9.17) is 4.84 Å². The van der Waals surface area contributed by atoms with E-state index in [9.17, 15) is 9.59 Å². The summed E-state index contributed by atoms with van der Waals surface area (Å²) in [7, 11) is 1.22. The van der Waals surface area contributed by atoms with Crippen molar-refractivity contribution >= 4 is 18.0 Å². The average Bonchev–Trinajstić information content (AvgIpc) is 2.36. The van der Waals surface area contributed by atoms with Crippen molar-refractivity contribution in [2.75, 3.05) is 7.11 Å². The van der Waals surface area contributed by atoms with E-state index in [1.165, 1.54) is 7.11 Å². The molecule has 1 rings (SSSR count). The summed E-state index contributed by atoms with van der Waals surface area (Å²) >= 11 is 0. The van der Waals surface area contributed by atoms with Crippen LogP contribution in [0.4, 0.5) is 0 Å². The van der Waals surface area contributed by atoms with Crippen molar-refractivity contribution in [3.05, 3.63) is 35.9 Å². The summed E-state index contributed by atoms with van der Waals surface area (Å²) in [5, 5.41) is 3.47. The molecule has 0 spiro atoms. The first-order valence-electron chi connectivity index (χ1n) is 5.01. The van der Waals surface area contributed by atoms with Crippen molar-refractivity contribution in [1.82, 2.24) is 0 Å². The minimum Gasteiger partial charge on any atom is -0.469 e. The minimum absolute atomic E-state index is 0.281. The van der Waals surface area contributed by atoms with Crippen LogP contribution in [0, 0.1) is 0 Å². The SMILES string of the molecule is COC(=O)CC(=O)C=NOCc1ccccc1. The molecule has 0 saturated carbocycles. The van der Waals surface area contributed by atoms with Gasteiger partial charge in [0.25, 0.3) is 0 Å². The highest BCUT2D eigenvalue weighted by molar-refractivity contribution is 6.31. The predicted molar refractivity (Wildman–Crippen MR) is 61.4 cm³/mol. The third kappa shape index (κ3) is 5.46. The number of methoxy groups -OCH3 is 1. The lowest BCUT2D eigenvalue weighted by molar-refractivity contribution is -0.142. The van der Waals surface area contributed by atoms with Gasteiger partial charge in [-0.3, -0.25) is 9.59 Å². The topological polar surface area (TPSA) is 65.0 Å². The van der Waals surface area contributed by atoms with Gasteiger partial charge in [0, 0.05) is 0 Å². The number of benzene rings is 1. The number of carbonyl (C=O) groups excluding carboxylic acids is 2. The van der Waals surface area contributed by atoms with Crippen molar-refractivity contribution in [3.8, 4) is 0 Å². The molecule has 0 fully saturated rings. The maximum absolute atomic E-state index is 11.1. The third-order valence-corrected chi connectivity index (χ3v) is 1.89. The van der Waals surface area contributed by atoms with E-state index in [1.807, 2.05) is 30.3 Å². The zero-order valence-electron chi connectivity index (χ0n) is 9.46. The Morgan fingerprint density at radius 3 is 2.65 bits per heavy atom. The summed E-state index contributed by atoms with van der Waals surface area (Å²) in [6.07, 6.45) is 0.647. The number of nitrogens with zero attached hydrogens (tertiary/aromatic N) is 1. The average molecular weight is 235 g/mol. The van der Waals surface area contributed by atoms with Gasteiger partial charge in [-0.1, -0.05) is 35.5 Å². The fourth-order valence-electron chi connectivity index (χ4n) is 1.04. The molecule has 0 amide bonds. The fraction of sp³-hybridized carbons (Fsp3) is 0.250. The molecule has 0 aliphatic heterocycles. The lowest BCUT2D eigenvalue weighted by Gasteiger charge is -1.98. The first kappa shape index (κ1) is 12.9. The summed E-state index contributed by atoms with van der Waals surface area (Å²) in [5.41, 5.74) is 0.949. The van der Waals surface area contributed by atoms with Gasteiger partial charge < -0.3 is 9.57 Å². The minimum atomic E-state index is -0.593. The van der Waals surface area contributed by atoms with E-state index in [0.29, 0.717) is 0 Å². The van der Waals surface area contributed by atoms with E-state index < -0.39 is 11.8 Å². The molecule has 0 heterocycles. The quantitative estimate of drug-likeness (QED) is 0.323. The predicted octanol–water partition coefficient (Wildman–Crippen LogP) is 1.32. The zero-order chi connectivity index (χ0) is 12.5. The standard InChI is InChI=1S/C12H13NO4/c1-16-12(15)7-11(14)8-13-17-9-10-5-3-2-4-6-10/h2-6,8H,7,9H2,1H3. The van der Waals surface area contributed by atoms with Crippen molar-refractivity contribution in [3.63, 3.8) is 0 Å². The summed E-state index contributed by atoms with van der Waals surface area (Å²) in [6.45, 7) is 0.281. The van der Waals surface area contributed by atoms with Crippen molar-refractivity contribution in [2.45, 2.75) is 13.0 Å². The molecule has 1 aromatic rings. The lowest BCUT2D eigenvalue weighted by atomic mass is 10.2. The van der Waals surface area contributed by atoms with Gasteiger partial charge in [-0.15, -0.1) is 0 Å². The van der Waals surface area contributed by atoms with Crippen LogP contribution in [0.25, 0.3) is 0 Å². The molecule has 0 aliphatic carbocycles. The smallest absolute Gasteiger partial charge is 0.313 e. The molecule has 1 aromatic carbocycles. The highest BCUT2D eigenvalue weighted by Gasteiger charge is 2.06. The van der Waals surface area contributed by atoms with Crippen LogP contribution in [0.3, 0.4) is 0 Å². The molecule has 0 saturated heterocycles. The highest BCUT2D eigenvalue weighted by Crippen LogP contribution is 2.00.